The van der Waals surface area contributed by atoms with Crippen molar-refractivity contribution in [2.75, 3.05) is 0 Å². The fourth-order valence-electron chi connectivity index (χ4n) is 1.93. The molecule has 0 saturated heterocycles. The van der Waals surface area contributed by atoms with Crippen LogP contribution in [0.5, 0.6) is 0 Å². The topological polar surface area (TPSA) is 60.7 Å². The summed E-state index contributed by atoms with van der Waals surface area (Å²) in [6.07, 6.45) is -4.45. The Morgan fingerprint density at radius 1 is 1.25 bits per heavy atom. The quantitative estimate of drug-likeness (QED) is 0.601. The predicted octanol–water partition coefficient (Wildman–Crippen LogP) is 4.07. The standard InChI is InChI=1S/C14H8BrF3N4OS/c15-12-5-4-11(24-12)10(23)7-22-20-13(19-21-22)8-2-1-3-9(6-8)14(16,17)18/h1-6H,7H2. The molecule has 0 unspecified atom stereocenters. The molecule has 0 aliphatic carbocycles. The molecule has 0 radical (unpaired) electrons. The maximum Gasteiger partial charge on any atom is 0.416 e. The van der Waals surface area contributed by atoms with Crippen LogP contribution in [0, 0.1) is 0 Å². The van der Waals surface area contributed by atoms with E-state index in [-0.39, 0.29) is 23.7 Å². The first-order valence-electron chi connectivity index (χ1n) is 6.57. The van der Waals surface area contributed by atoms with Crippen LogP contribution in [-0.2, 0) is 12.7 Å². The number of carbonyl (C=O) groups excluding carboxylic acids is 1. The molecule has 5 nitrogen and oxygen atoms in total. The van der Waals surface area contributed by atoms with Crippen molar-refractivity contribution in [2.24, 2.45) is 0 Å². The van der Waals surface area contributed by atoms with Gasteiger partial charge in [0.2, 0.25) is 5.82 Å². The zero-order valence-electron chi connectivity index (χ0n) is 11.8. The summed E-state index contributed by atoms with van der Waals surface area (Å²) < 4.78 is 39.0. The number of alkyl halides is 3. The van der Waals surface area contributed by atoms with Gasteiger partial charge in [-0.3, -0.25) is 4.79 Å². The number of carbonyl (C=O) groups is 1. The van der Waals surface area contributed by atoms with Gasteiger partial charge in [-0.2, -0.15) is 18.0 Å². The van der Waals surface area contributed by atoms with E-state index in [9.17, 15) is 18.0 Å². The van der Waals surface area contributed by atoms with E-state index in [1.54, 1.807) is 12.1 Å². The maximum atomic E-state index is 12.7. The molecule has 10 heteroatoms. The summed E-state index contributed by atoms with van der Waals surface area (Å²) >= 11 is 4.54. The molecular weight excluding hydrogens is 409 g/mol. The van der Waals surface area contributed by atoms with Gasteiger partial charge in [0, 0.05) is 5.56 Å². The third-order valence-electron chi connectivity index (χ3n) is 3.03. The van der Waals surface area contributed by atoms with Gasteiger partial charge in [-0.25, -0.2) is 0 Å². The smallest absolute Gasteiger partial charge is 0.291 e. The average Bonchev–Trinajstić information content (AvgIpc) is 3.16. The summed E-state index contributed by atoms with van der Waals surface area (Å²) in [4.78, 5) is 13.7. The van der Waals surface area contributed by atoms with Gasteiger partial charge >= 0.3 is 6.18 Å². The molecule has 0 amide bonds. The highest BCUT2D eigenvalue weighted by Crippen LogP contribution is 2.31. The van der Waals surface area contributed by atoms with Crippen molar-refractivity contribution >= 4 is 33.0 Å². The highest BCUT2D eigenvalue weighted by molar-refractivity contribution is 9.11. The maximum absolute atomic E-state index is 12.7. The molecule has 0 fully saturated rings. The molecule has 0 bridgehead atoms. The van der Waals surface area contributed by atoms with E-state index in [1.165, 1.54) is 23.5 Å². The normalized spacial score (nSPS) is 11.7. The van der Waals surface area contributed by atoms with Crippen molar-refractivity contribution in [3.8, 4) is 11.4 Å². The van der Waals surface area contributed by atoms with Crippen LogP contribution in [0.25, 0.3) is 11.4 Å². The van der Waals surface area contributed by atoms with Crippen molar-refractivity contribution in [2.45, 2.75) is 12.7 Å². The fourth-order valence-corrected chi connectivity index (χ4v) is 3.25. The Morgan fingerprint density at radius 3 is 2.71 bits per heavy atom. The lowest BCUT2D eigenvalue weighted by Crippen LogP contribution is -2.12. The molecule has 2 heterocycles. The molecule has 3 aromatic rings. The number of rotatable bonds is 4. The number of halogens is 4. The van der Waals surface area contributed by atoms with E-state index in [4.69, 9.17) is 0 Å². The molecule has 3 rings (SSSR count). The molecule has 0 aliphatic rings. The number of tetrazole rings is 1. The first kappa shape index (κ1) is 16.8. The molecule has 24 heavy (non-hydrogen) atoms. The monoisotopic (exact) mass is 416 g/mol. The summed E-state index contributed by atoms with van der Waals surface area (Å²) in [6.45, 7) is -0.140. The lowest BCUT2D eigenvalue weighted by Gasteiger charge is -2.06. The van der Waals surface area contributed by atoms with Crippen LogP contribution >= 0.6 is 27.3 Å². The summed E-state index contributed by atoms with van der Waals surface area (Å²) in [5.74, 6) is -0.181. The Labute approximate surface area is 146 Å². The number of thiophene rings is 1. The van der Waals surface area contributed by atoms with Crippen LogP contribution in [0.4, 0.5) is 13.2 Å². The van der Waals surface area contributed by atoms with Crippen LogP contribution < -0.4 is 0 Å². The summed E-state index contributed by atoms with van der Waals surface area (Å²) in [5, 5.41) is 11.4. The molecule has 1 aromatic carbocycles. The van der Waals surface area contributed by atoms with E-state index in [0.717, 1.165) is 20.7 Å². The molecule has 0 spiro atoms. The summed E-state index contributed by atoms with van der Waals surface area (Å²) in [5.41, 5.74) is -0.613. The molecule has 0 atom stereocenters. The number of benzene rings is 1. The first-order chi connectivity index (χ1) is 11.3. The average molecular weight is 417 g/mol. The largest absolute Gasteiger partial charge is 0.416 e. The number of ketones is 1. The Balaban J connectivity index is 1.80. The van der Waals surface area contributed by atoms with Crippen LogP contribution in [0.15, 0.2) is 40.2 Å². The minimum atomic E-state index is -4.45. The molecule has 0 saturated carbocycles. The van der Waals surface area contributed by atoms with Gasteiger partial charge in [-0.1, -0.05) is 12.1 Å². The van der Waals surface area contributed by atoms with Crippen LogP contribution in [0.3, 0.4) is 0 Å². The van der Waals surface area contributed by atoms with E-state index in [2.05, 4.69) is 31.3 Å². The summed E-state index contributed by atoms with van der Waals surface area (Å²) in [7, 11) is 0. The number of Topliss-reactive ketones (excluding diaryl/α,β-unsaturated/α-hetero) is 1. The Bertz CT molecular complexity index is 890. The van der Waals surface area contributed by atoms with Crippen molar-refractivity contribution in [1.29, 1.82) is 0 Å². The molecule has 0 N–H and O–H groups in total. The third kappa shape index (κ3) is 3.70. The number of hydrogen-bond donors (Lipinski definition) is 0. The van der Waals surface area contributed by atoms with Gasteiger partial charge in [0.05, 0.1) is 14.2 Å². The fraction of sp³-hybridized carbons (Fsp3) is 0.143. The molecule has 2 aromatic heterocycles. The number of nitrogens with zero attached hydrogens (tertiary/aromatic N) is 4. The second-order valence-corrected chi connectivity index (χ2v) is 7.21. The van der Waals surface area contributed by atoms with Crippen LogP contribution in [0.1, 0.15) is 15.2 Å². The van der Waals surface area contributed by atoms with E-state index in [0.29, 0.717) is 4.88 Å². The zero-order chi connectivity index (χ0) is 17.3. The van der Waals surface area contributed by atoms with Crippen molar-refractivity contribution in [3.05, 3.63) is 50.6 Å². The van der Waals surface area contributed by atoms with Crippen molar-refractivity contribution < 1.29 is 18.0 Å². The molecule has 0 aliphatic heterocycles. The SMILES string of the molecule is O=C(Cn1nnc(-c2cccc(C(F)(F)F)c2)n1)c1ccc(Br)s1. The third-order valence-corrected chi connectivity index (χ3v) is 4.70. The van der Waals surface area contributed by atoms with Crippen LogP contribution in [0.2, 0.25) is 0 Å². The second kappa shape index (κ2) is 6.44. The lowest BCUT2D eigenvalue weighted by atomic mass is 10.1. The zero-order valence-corrected chi connectivity index (χ0v) is 14.2. The highest BCUT2D eigenvalue weighted by atomic mass is 79.9. The summed E-state index contributed by atoms with van der Waals surface area (Å²) in [6, 6.07) is 8.05. The predicted molar refractivity (Wildman–Crippen MR) is 84.6 cm³/mol. The van der Waals surface area contributed by atoms with Gasteiger partial charge in [0.1, 0.15) is 6.54 Å². The second-order valence-electron chi connectivity index (χ2n) is 4.75. The van der Waals surface area contributed by atoms with Crippen LogP contribution in [-0.4, -0.2) is 26.0 Å². The molecule has 124 valence electrons. The van der Waals surface area contributed by atoms with E-state index >= 15 is 0 Å². The first-order valence-corrected chi connectivity index (χ1v) is 8.18. The number of aromatic nitrogens is 4. The lowest BCUT2D eigenvalue weighted by molar-refractivity contribution is -0.137. The minimum Gasteiger partial charge on any atom is -0.291 e. The van der Waals surface area contributed by atoms with Gasteiger partial charge < -0.3 is 0 Å². The van der Waals surface area contributed by atoms with E-state index in [1.807, 2.05) is 0 Å². The minimum absolute atomic E-state index is 0.0289. The van der Waals surface area contributed by atoms with Gasteiger partial charge in [-0.05, 0) is 45.4 Å². The van der Waals surface area contributed by atoms with Gasteiger partial charge in [-0.15, -0.1) is 21.5 Å². The van der Waals surface area contributed by atoms with Crippen molar-refractivity contribution in [3.63, 3.8) is 0 Å². The molecular formula is C14H8BrF3N4OS. The van der Waals surface area contributed by atoms with E-state index < -0.39 is 11.7 Å². The highest BCUT2D eigenvalue weighted by Gasteiger charge is 2.30. The Morgan fingerprint density at radius 2 is 2.04 bits per heavy atom. The van der Waals surface area contributed by atoms with Gasteiger partial charge in [0.15, 0.2) is 5.78 Å². The Hall–Kier alpha value is -2.07. The number of hydrogen-bond acceptors (Lipinski definition) is 5. The Kier molecular flexibility index (Phi) is 4.50. The van der Waals surface area contributed by atoms with Crippen molar-refractivity contribution in [1.82, 2.24) is 20.2 Å². The van der Waals surface area contributed by atoms with Gasteiger partial charge in [0.25, 0.3) is 0 Å².